The molecule has 0 unspecified atom stereocenters. The van der Waals surface area contributed by atoms with E-state index in [-0.39, 0.29) is 11.4 Å². The SMILES string of the molecule is Cc1nc(CCN(C)C)nc(N)c1C(=O)O. The molecule has 88 valence electrons. The molecule has 0 fully saturated rings. The topological polar surface area (TPSA) is 92.3 Å². The summed E-state index contributed by atoms with van der Waals surface area (Å²) in [6.45, 7) is 2.42. The van der Waals surface area contributed by atoms with Gasteiger partial charge in [-0.3, -0.25) is 0 Å². The first-order chi connectivity index (χ1) is 7.41. The smallest absolute Gasteiger partial charge is 0.341 e. The number of hydrogen-bond donors (Lipinski definition) is 2. The number of aromatic nitrogens is 2. The van der Waals surface area contributed by atoms with Gasteiger partial charge in [-0.05, 0) is 21.0 Å². The minimum atomic E-state index is -1.09. The van der Waals surface area contributed by atoms with Crippen LogP contribution in [0.4, 0.5) is 5.82 Å². The minimum absolute atomic E-state index is 0.00592. The van der Waals surface area contributed by atoms with Gasteiger partial charge in [-0.25, -0.2) is 14.8 Å². The summed E-state index contributed by atoms with van der Waals surface area (Å²) >= 11 is 0. The molecule has 6 nitrogen and oxygen atoms in total. The average Bonchev–Trinajstić information content (AvgIpc) is 2.12. The molecule has 0 saturated heterocycles. The van der Waals surface area contributed by atoms with Crippen molar-refractivity contribution in [3.63, 3.8) is 0 Å². The fraction of sp³-hybridized carbons (Fsp3) is 0.500. The van der Waals surface area contributed by atoms with Crippen molar-refractivity contribution < 1.29 is 9.90 Å². The number of nitrogens with two attached hydrogens (primary N) is 1. The summed E-state index contributed by atoms with van der Waals surface area (Å²) in [4.78, 5) is 21.0. The van der Waals surface area contributed by atoms with E-state index in [0.717, 1.165) is 6.54 Å². The Morgan fingerprint density at radius 3 is 2.50 bits per heavy atom. The van der Waals surface area contributed by atoms with Crippen LogP contribution in [0.5, 0.6) is 0 Å². The third-order valence-electron chi connectivity index (χ3n) is 2.16. The predicted molar refractivity (Wildman–Crippen MR) is 60.4 cm³/mol. The Morgan fingerprint density at radius 1 is 1.44 bits per heavy atom. The summed E-state index contributed by atoms with van der Waals surface area (Å²) in [5.74, 6) is -0.475. The lowest BCUT2D eigenvalue weighted by molar-refractivity contribution is 0.0696. The largest absolute Gasteiger partial charge is 0.477 e. The van der Waals surface area contributed by atoms with Crippen LogP contribution in [-0.2, 0) is 6.42 Å². The quantitative estimate of drug-likeness (QED) is 0.757. The highest BCUT2D eigenvalue weighted by molar-refractivity contribution is 5.93. The Balaban J connectivity index is 2.96. The van der Waals surface area contributed by atoms with Crippen LogP contribution in [0.1, 0.15) is 21.9 Å². The van der Waals surface area contributed by atoms with Gasteiger partial charge in [0.15, 0.2) is 0 Å². The molecule has 16 heavy (non-hydrogen) atoms. The zero-order valence-corrected chi connectivity index (χ0v) is 9.69. The number of nitrogen functional groups attached to an aromatic ring is 1. The molecule has 0 amide bonds. The summed E-state index contributed by atoms with van der Waals surface area (Å²) in [7, 11) is 3.89. The number of likely N-dealkylation sites (N-methyl/N-ethyl adjacent to an activating group) is 1. The van der Waals surface area contributed by atoms with E-state index in [2.05, 4.69) is 9.97 Å². The lowest BCUT2D eigenvalue weighted by Gasteiger charge is -2.10. The summed E-state index contributed by atoms with van der Waals surface area (Å²) in [5, 5.41) is 8.89. The van der Waals surface area contributed by atoms with Crippen LogP contribution >= 0.6 is 0 Å². The van der Waals surface area contributed by atoms with Gasteiger partial charge in [0, 0.05) is 13.0 Å². The standard InChI is InChI=1S/C10H16N4O2/c1-6-8(10(15)16)9(11)13-7(12-6)4-5-14(2)3/h4-5H2,1-3H3,(H,15,16)(H2,11,12,13). The zero-order chi connectivity index (χ0) is 12.3. The molecule has 0 bridgehead atoms. The summed E-state index contributed by atoms with van der Waals surface area (Å²) < 4.78 is 0. The number of carbonyl (C=O) groups is 1. The van der Waals surface area contributed by atoms with Crippen molar-refractivity contribution in [2.75, 3.05) is 26.4 Å². The van der Waals surface area contributed by atoms with Gasteiger partial charge in [-0.1, -0.05) is 0 Å². The van der Waals surface area contributed by atoms with Crippen LogP contribution in [-0.4, -0.2) is 46.6 Å². The summed E-state index contributed by atoms with van der Waals surface area (Å²) in [6, 6.07) is 0. The second-order valence-electron chi connectivity index (χ2n) is 3.84. The number of anilines is 1. The van der Waals surface area contributed by atoms with Crippen molar-refractivity contribution in [3.05, 3.63) is 17.1 Å². The van der Waals surface area contributed by atoms with Crippen LogP contribution in [0, 0.1) is 6.92 Å². The highest BCUT2D eigenvalue weighted by Crippen LogP contribution is 2.13. The Kier molecular flexibility index (Phi) is 3.78. The Hall–Kier alpha value is -1.69. The first kappa shape index (κ1) is 12.4. The van der Waals surface area contributed by atoms with E-state index in [9.17, 15) is 4.79 Å². The molecule has 0 aromatic carbocycles. The highest BCUT2D eigenvalue weighted by Gasteiger charge is 2.15. The van der Waals surface area contributed by atoms with E-state index in [1.165, 1.54) is 0 Å². The average molecular weight is 224 g/mol. The minimum Gasteiger partial charge on any atom is -0.477 e. The van der Waals surface area contributed by atoms with Gasteiger partial charge in [-0.15, -0.1) is 0 Å². The number of hydrogen-bond acceptors (Lipinski definition) is 5. The first-order valence-corrected chi connectivity index (χ1v) is 4.93. The number of rotatable bonds is 4. The Bertz CT molecular complexity index is 381. The van der Waals surface area contributed by atoms with Gasteiger partial charge in [0.05, 0.1) is 5.69 Å². The van der Waals surface area contributed by atoms with Crippen LogP contribution in [0.25, 0.3) is 0 Å². The third-order valence-corrected chi connectivity index (χ3v) is 2.16. The molecular weight excluding hydrogens is 208 g/mol. The van der Waals surface area contributed by atoms with E-state index in [4.69, 9.17) is 10.8 Å². The molecule has 0 aliphatic rings. The number of carboxylic acid groups (broad SMARTS) is 1. The van der Waals surface area contributed by atoms with Crippen molar-refractivity contribution in [3.8, 4) is 0 Å². The molecule has 0 spiro atoms. The van der Waals surface area contributed by atoms with Crippen molar-refractivity contribution >= 4 is 11.8 Å². The molecular formula is C10H16N4O2. The van der Waals surface area contributed by atoms with Crippen molar-refractivity contribution in [2.45, 2.75) is 13.3 Å². The van der Waals surface area contributed by atoms with Gasteiger partial charge < -0.3 is 15.7 Å². The van der Waals surface area contributed by atoms with E-state index in [1.807, 2.05) is 19.0 Å². The molecule has 0 radical (unpaired) electrons. The maximum Gasteiger partial charge on any atom is 0.341 e. The van der Waals surface area contributed by atoms with E-state index < -0.39 is 5.97 Å². The fourth-order valence-electron chi connectivity index (χ4n) is 1.35. The van der Waals surface area contributed by atoms with Crippen LogP contribution in [0.3, 0.4) is 0 Å². The van der Waals surface area contributed by atoms with Gasteiger partial charge in [-0.2, -0.15) is 0 Å². The monoisotopic (exact) mass is 224 g/mol. The highest BCUT2D eigenvalue weighted by atomic mass is 16.4. The molecule has 3 N–H and O–H groups in total. The third kappa shape index (κ3) is 2.90. The second-order valence-corrected chi connectivity index (χ2v) is 3.84. The molecule has 6 heteroatoms. The molecule has 1 rings (SSSR count). The van der Waals surface area contributed by atoms with Crippen LogP contribution < -0.4 is 5.73 Å². The number of aryl methyl sites for hydroxylation is 1. The molecule has 1 aromatic heterocycles. The Morgan fingerprint density at radius 2 is 2.06 bits per heavy atom. The molecule has 0 atom stereocenters. The second kappa shape index (κ2) is 4.89. The van der Waals surface area contributed by atoms with Gasteiger partial charge in [0.25, 0.3) is 0 Å². The van der Waals surface area contributed by atoms with E-state index >= 15 is 0 Å². The normalized spacial score (nSPS) is 10.8. The fourth-order valence-corrected chi connectivity index (χ4v) is 1.35. The maximum atomic E-state index is 10.9. The van der Waals surface area contributed by atoms with Gasteiger partial charge in [0.1, 0.15) is 17.2 Å². The van der Waals surface area contributed by atoms with Crippen molar-refractivity contribution in [2.24, 2.45) is 0 Å². The number of nitrogens with zero attached hydrogens (tertiary/aromatic N) is 3. The van der Waals surface area contributed by atoms with Crippen LogP contribution in [0.15, 0.2) is 0 Å². The maximum absolute atomic E-state index is 10.9. The molecule has 1 aromatic rings. The van der Waals surface area contributed by atoms with E-state index in [1.54, 1.807) is 6.92 Å². The van der Waals surface area contributed by atoms with Crippen molar-refractivity contribution in [1.29, 1.82) is 0 Å². The van der Waals surface area contributed by atoms with Gasteiger partial charge in [0.2, 0.25) is 0 Å². The molecule has 0 aliphatic carbocycles. The molecule has 1 heterocycles. The van der Waals surface area contributed by atoms with E-state index in [0.29, 0.717) is 17.9 Å². The van der Waals surface area contributed by atoms with Gasteiger partial charge >= 0.3 is 5.97 Å². The number of carboxylic acids is 1. The Labute approximate surface area is 94.1 Å². The zero-order valence-electron chi connectivity index (χ0n) is 9.69. The first-order valence-electron chi connectivity index (χ1n) is 4.93. The predicted octanol–water partition coefficient (Wildman–Crippen LogP) is 0.170. The lowest BCUT2D eigenvalue weighted by atomic mass is 10.2. The molecule has 0 saturated carbocycles. The summed E-state index contributed by atoms with van der Waals surface area (Å²) in [6.07, 6.45) is 0.651. The van der Waals surface area contributed by atoms with Crippen molar-refractivity contribution in [1.82, 2.24) is 14.9 Å². The van der Waals surface area contributed by atoms with Crippen LogP contribution in [0.2, 0.25) is 0 Å². The molecule has 0 aliphatic heterocycles. The number of aromatic carboxylic acids is 1. The summed E-state index contributed by atoms with van der Waals surface area (Å²) in [5.41, 5.74) is 5.99. The lowest BCUT2D eigenvalue weighted by Crippen LogP contribution is -2.18.